The van der Waals surface area contributed by atoms with Crippen molar-refractivity contribution in [1.29, 1.82) is 0 Å². The topological polar surface area (TPSA) is 46.3 Å². The van der Waals surface area contributed by atoms with Crippen molar-refractivity contribution in [1.82, 2.24) is 4.90 Å². The fourth-order valence-corrected chi connectivity index (χ4v) is 3.39. The molecule has 0 unspecified atom stereocenters. The lowest BCUT2D eigenvalue weighted by Crippen LogP contribution is -2.49. The summed E-state index contributed by atoms with van der Waals surface area (Å²) in [7, 11) is 0. The van der Waals surface area contributed by atoms with Gasteiger partial charge in [-0.1, -0.05) is 33.6 Å². The second-order valence-electron chi connectivity index (χ2n) is 5.60. The Kier molecular flexibility index (Phi) is 6.13. The third-order valence-corrected chi connectivity index (χ3v) is 4.71. The molecule has 1 aliphatic rings. The van der Waals surface area contributed by atoms with Crippen LogP contribution in [0.4, 0.5) is 0 Å². The molecule has 2 N–H and O–H groups in total. The molecule has 0 spiro atoms. The quantitative estimate of drug-likeness (QED) is 0.759. The van der Waals surface area contributed by atoms with Crippen LogP contribution in [0.1, 0.15) is 65.7 Å². The van der Waals surface area contributed by atoms with Crippen LogP contribution in [0.3, 0.4) is 0 Å². The normalized spacial score (nSPS) is 18.3. The minimum atomic E-state index is -0.0717. The summed E-state index contributed by atoms with van der Waals surface area (Å²) >= 11 is 0. The van der Waals surface area contributed by atoms with E-state index in [-0.39, 0.29) is 5.41 Å². The van der Waals surface area contributed by atoms with Gasteiger partial charge in [0.05, 0.1) is 0 Å². The van der Waals surface area contributed by atoms with Crippen LogP contribution in [-0.2, 0) is 4.79 Å². The number of carbonyl (C=O) groups excluding carboxylic acids is 1. The maximum Gasteiger partial charge on any atom is 0.229 e. The van der Waals surface area contributed by atoms with Crippen LogP contribution in [-0.4, -0.2) is 29.9 Å². The van der Waals surface area contributed by atoms with E-state index in [4.69, 9.17) is 5.73 Å². The number of hydrogen-bond donors (Lipinski definition) is 1. The standard InChI is InChI=1S/C15H30N2O/c1-4-13(5-2)17(12-11-16)14(18)15(6-3)9-7-8-10-15/h13H,4-12,16H2,1-3H3. The summed E-state index contributed by atoms with van der Waals surface area (Å²) in [6.45, 7) is 7.78. The monoisotopic (exact) mass is 254 g/mol. The fraction of sp³-hybridized carbons (Fsp3) is 0.933. The zero-order valence-corrected chi connectivity index (χ0v) is 12.4. The first-order chi connectivity index (χ1) is 8.65. The summed E-state index contributed by atoms with van der Waals surface area (Å²) in [6.07, 6.45) is 7.60. The van der Waals surface area contributed by atoms with Gasteiger partial charge in [-0.05, 0) is 32.1 Å². The van der Waals surface area contributed by atoms with E-state index in [2.05, 4.69) is 25.7 Å². The van der Waals surface area contributed by atoms with Crippen molar-refractivity contribution in [2.45, 2.75) is 71.8 Å². The Labute approximate surface area is 112 Å². The molecular formula is C15H30N2O. The highest BCUT2D eigenvalue weighted by atomic mass is 16.2. The maximum atomic E-state index is 12.9. The van der Waals surface area contributed by atoms with E-state index in [9.17, 15) is 4.79 Å². The van der Waals surface area contributed by atoms with Gasteiger partial charge in [0.15, 0.2) is 0 Å². The Morgan fingerprint density at radius 1 is 1.22 bits per heavy atom. The molecule has 0 aromatic carbocycles. The lowest BCUT2D eigenvalue weighted by molar-refractivity contribution is -0.144. The first-order valence-corrected chi connectivity index (χ1v) is 7.66. The largest absolute Gasteiger partial charge is 0.338 e. The second kappa shape index (κ2) is 7.13. The van der Waals surface area contributed by atoms with Crippen LogP contribution < -0.4 is 5.73 Å². The second-order valence-corrected chi connectivity index (χ2v) is 5.60. The molecule has 0 aromatic heterocycles. The lowest BCUT2D eigenvalue weighted by Gasteiger charge is -2.38. The summed E-state index contributed by atoms with van der Waals surface area (Å²) in [5, 5.41) is 0. The van der Waals surface area contributed by atoms with Crippen molar-refractivity contribution < 1.29 is 4.79 Å². The molecule has 0 saturated heterocycles. The van der Waals surface area contributed by atoms with E-state index in [0.29, 0.717) is 25.0 Å². The SMILES string of the molecule is CCC(CC)N(CCN)C(=O)C1(CC)CCCC1. The van der Waals surface area contributed by atoms with E-state index in [1.807, 2.05) is 0 Å². The number of nitrogens with zero attached hydrogens (tertiary/aromatic N) is 1. The van der Waals surface area contributed by atoms with Gasteiger partial charge in [0.25, 0.3) is 0 Å². The van der Waals surface area contributed by atoms with Crippen LogP contribution in [0, 0.1) is 5.41 Å². The Hall–Kier alpha value is -0.570. The fourth-order valence-electron chi connectivity index (χ4n) is 3.39. The number of nitrogens with two attached hydrogens (primary N) is 1. The highest BCUT2D eigenvalue weighted by Gasteiger charge is 2.42. The average Bonchev–Trinajstić information content (AvgIpc) is 2.88. The minimum absolute atomic E-state index is 0.0717. The molecule has 1 saturated carbocycles. The van der Waals surface area contributed by atoms with Gasteiger partial charge in [-0.2, -0.15) is 0 Å². The zero-order valence-electron chi connectivity index (χ0n) is 12.4. The van der Waals surface area contributed by atoms with Gasteiger partial charge < -0.3 is 10.6 Å². The van der Waals surface area contributed by atoms with Crippen LogP contribution in [0.2, 0.25) is 0 Å². The van der Waals surface area contributed by atoms with E-state index in [1.165, 1.54) is 12.8 Å². The molecule has 3 heteroatoms. The molecule has 0 radical (unpaired) electrons. The molecule has 0 aromatic rings. The van der Waals surface area contributed by atoms with Gasteiger partial charge >= 0.3 is 0 Å². The van der Waals surface area contributed by atoms with E-state index in [0.717, 1.165) is 32.1 Å². The summed E-state index contributed by atoms with van der Waals surface area (Å²) in [6, 6.07) is 0.366. The number of rotatable bonds is 7. The highest BCUT2D eigenvalue weighted by Crippen LogP contribution is 2.43. The van der Waals surface area contributed by atoms with E-state index < -0.39 is 0 Å². The van der Waals surface area contributed by atoms with E-state index >= 15 is 0 Å². The summed E-state index contributed by atoms with van der Waals surface area (Å²) in [4.78, 5) is 15.0. The van der Waals surface area contributed by atoms with Crippen LogP contribution >= 0.6 is 0 Å². The molecule has 1 amide bonds. The molecule has 1 rings (SSSR count). The van der Waals surface area contributed by atoms with Gasteiger partial charge in [-0.3, -0.25) is 4.79 Å². The Morgan fingerprint density at radius 3 is 2.17 bits per heavy atom. The van der Waals surface area contributed by atoms with Gasteiger partial charge in [0, 0.05) is 24.5 Å². The minimum Gasteiger partial charge on any atom is -0.338 e. The van der Waals surface area contributed by atoms with Crippen molar-refractivity contribution in [2.75, 3.05) is 13.1 Å². The molecule has 3 nitrogen and oxygen atoms in total. The Morgan fingerprint density at radius 2 is 1.78 bits per heavy atom. The van der Waals surface area contributed by atoms with Crippen LogP contribution in [0.15, 0.2) is 0 Å². The third-order valence-electron chi connectivity index (χ3n) is 4.71. The first kappa shape index (κ1) is 15.5. The number of hydrogen-bond acceptors (Lipinski definition) is 2. The Balaban J connectivity index is 2.86. The maximum absolute atomic E-state index is 12.9. The van der Waals surface area contributed by atoms with Gasteiger partial charge in [0.1, 0.15) is 0 Å². The summed E-state index contributed by atoms with van der Waals surface area (Å²) in [5.74, 6) is 0.377. The molecule has 1 aliphatic carbocycles. The van der Waals surface area contributed by atoms with Crippen molar-refractivity contribution in [3.63, 3.8) is 0 Å². The summed E-state index contributed by atoms with van der Waals surface area (Å²) in [5.41, 5.74) is 5.63. The van der Waals surface area contributed by atoms with Crippen molar-refractivity contribution in [3.8, 4) is 0 Å². The molecule has 0 aliphatic heterocycles. The molecule has 0 atom stereocenters. The molecule has 0 bridgehead atoms. The number of amides is 1. The molecule has 106 valence electrons. The van der Waals surface area contributed by atoms with Gasteiger partial charge in [-0.15, -0.1) is 0 Å². The molecule has 0 heterocycles. The summed E-state index contributed by atoms with van der Waals surface area (Å²) < 4.78 is 0. The molecular weight excluding hydrogens is 224 g/mol. The Bertz CT molecular complexity index is 255. The molecule has 1 fully saturated rings. The smallest absolute Gasteiger partial charge is 0.229 e. The zero-order chi connectivity index (χ0) is 13.6. The first-order valence-electron chi connectivity index (χ1n) is 7.66. The van der Waals surface area contributed by atoms with Crippen molar-refractivity contribution in [3.05, 3.63) is 0 Å². The van der Waals surface area contributed by atoms with Crippen LogP contribution in [0.25, 0.3) is 0 Å². The van der Waals surface area contributed by atoms with Crippen molar-refractivity contribution >= 4 is 5.91 Å². The predicted octanol–water partition coefficient (Wildman–Crippen LogP) is 2.93. The van der Waals surface area contributed by atoms with E-state index in [1.54, 1.807) is 0 Å². The third kappa shape index (κ3) is 3.05. The van der Waals surface area contributed by atoms with Gasteiger partial charge in [0.2, 0.25) is 5.91 Å². The highest BCUT2D eigenvalue weighted by molar-refractivity contribution is 5.83. The predicted molar refractivity (Wildman–Crippen MR) is 76.3 cm³/mol. The molecule has 18 heavy (non-hydrogen) atoms. The average molecular weight is 254 g/mol. The van der Waals surface area contributed by atoms with Gasteiger partial charge in [-0.25, -0.2) is 0 Å². The van der Waals surface area contributed by atoms with Crippen LogP contribution in [0.5, 0.6) is 0 Å². The van der Waals surface area contributed by atoms with Crippen molar-refractivity contribution in [2.24, 2.45) is 11.1 Å². The lowest BCUT2D eigenvalue weighted by atomic mass is 9.81. The number of carbonyl (C=O) groups is 1.